The average Bonchev–Trinajstić information content (AvgIpc) is 2.03. The van der Waals surface area contributed by atoms with Gasteiger partial charge in [-0.05, 0) is 20.3 Å². The molecule has 0 aliphatic rings. The van der Waals surface area contributed by atoms with E-state index in [0.29, 0.717) is 6.61 Å². The van der Waals surface area contributed by atoms with Crippen LogP contribution in [-0.2, 0) is 14.3 Å². The van der Waals surface area contributed by atoms with Crippen LogP contribution in [0.5, 0.6) is 0 Å². The Morgan fingerprint density at radius 1 is 1.29 bits per heavy atom. The molecule has 3 heteroatoms. The Balaban J connectivity index is 3.55. The van der Waals surface area contributed by atoms with E-state index in [1.807, 2.05) is 13.8 Å². The molecule has 0 saturated carbocycles. The number of rotatable bonds is 7. The lowest BCUT2D eigenvalue weighted by Crippen LogP contribution is -2.27. The van der Waals surface area contributed by atoms with Gasteiger partial charge < -0.3 is 9.47 Å². The largest absolute Gasteiger partial charge is 0.466 e. The molecule has 0 aliphatic carbocycles. The highest BCUT2D eigenvalue weighted by atomic mass is 16.5. The third-order valence-corrected chi connectivity index (χ3v) is 2.00. The Hall–Kier alpha value is -0.570. The first-order chi connectivity index (χ1) is 6.48. The van der Waals surface area contributed by atoms with Crippen molar-refractivity contribution in [1.29, 1.82) is 0 Å². The second-order valence-corrected chi connectivity index (χ2v) is 4.05. The van der Waals surface area contributed by atoms with Crippen molar-refractivity contribution in [2.75, 3.05) is 13.2 Å². The van der Waals surface area contributed by atoms with Crippen LogP contribution in [0.3, 0.4) is 0 Å². The molecular formula is C11H22O3. The van der Waals surface area contributed by atoms with Crippen molar-refractivity contribution in [2.24, 2.45) is 0 Å². The van der Waals surface area contributed by atoms with Gasteiger partial charge in [-0.15, -0.1) is 0 Å². The summed E-state index contributed by atoms with van der Waals surface area (Å²) >= 11 is 0. The summed E-state index contributed by atoms with van der Waals surface area (Å²) < 4.78 is 10.5. The summed E-state index contributed by atoms with van der Waals surface area (Å²) in [4.78, 5) is 10.5. The molecule has 0 aromatic heterocycles. The van der Waals surface area contributed by atoms with E-state index in [2.05, 4.69) is 6.92 Å². The third kappa shape index (κ3) is 8.05. The lowest BCUT2D eigenvalue weighted by molar-refractivity contribution is -0.142. The number of hydrogen-bond donors (Lipinski definition) is 0. The van der Waals surface area contributed by atoms with Gasteiger partial charge in [0.1, 0.15) is 0 Å². The molecule has 3 nitrogen and oxygen atoms in total. The second-order valence-electron chi connectivity index (χ2n) is 4.05. The van der Waals surface area contributed by atoms with Gasteiger partial charge in [-0.2, -0.15) is 0 Å². The van der Waals surface area contributed by atoms with Crippen LogP contribution >= 0.6 is 0 Å². The third-order valence-electron chi connectivity index (χ3n) is 2.00. The van der Waals surface area contributed by atoms with Gasteiger partial charge in [0.25, 0.3) is 0 Å². The van der Waals surface area contributed by atoms with Crippen molar-refractivity contribution in [3.8, 4) is 0 Å². The summed E-state index contributed by atoms with van der Waals surface area (Å²) in [6, 6.07) is 0. The van der Waals surface area contributed by atoms with Gasteiger partial charge in [0.2, 0.25) is 0 Å². The maximum absolute atomic E-state index is 10.5. The number of unbranched alkanes of at least 4 members (excludes halogenated alkanes) is 1. The van der Waals surface area contributed by atoms with Crippen molar-refractivity contribution in [2.45, 2.75) is 52.6 Å². The number of carbonyl (C=O) groups excluding carboxylic acids is 1. The molecule has 84 valence electrons. The lowest BCUT2D eigenvalue weighted by atomic mass is 10.1. The van der Waals surface area contributed by atoms with E-state index in [4.69, 9.17) is 9.47 Å². The molecule has 0 rings (SSSR count). The number of esters is 1. The molecule has 0 aromatic rings. The van der Waals surface area contributed by atoms with Gasteiger partial charge in [0, 0.05) is 20.0 Å². The zero-order chi connectivity index (χ0) is 11.0. The van der Waals surface area contributed by atoms with Crippen LogP contribution in [-0.4, -0.2) is 24.8 Å². The predicted molar refractivity (Wildman–Crippen MR) is 56.2 cm³/mol. The molecule has 0 radical (unpaired) electrons. The number of ether oxygens (including phenoxy) is 2. The van der Waals surface area contributed by atoms with Gasteiger partial charge in [0.15, 0.2) is 0 Å². The zero-order valence-electron chi connectivity index (χ0n) is 9.76. The van der Waals surface area contributed by atoms with E-state index in [-0.39, 0.29) is 11.6 Å². The fourth-order valence-electron chi connectivity index (χ4n) is 1.01. The quantitative estimate of drug-likeness (QED) is 0.470. The first-order valence-electron chi connectivity index (χ1n) is 5.25. The summed E-state index contributed by atoms with van der Waals surface area (Å²) in [5.41, 5.74) is -0.190. The summed E-state index contributed by atoms with van der Waals surface area (Å²) in [5.74, 6) is -0.227. The number of carbonyl (C=O) groups is 1. The first kappa shape index (κ1) is 13.4. The van der Waals surface area contributed by atoms with Crippen LogP contribution in [0.15, 0.2) is 0 Å². The fourth-order valence-corrected chi connectivity index (χ4v) is 1.01. The van der Waals surface area contributed by atoms with E-state index in [1.54, 1.807) is 0 Å². The van der Waals surface area contributed by atoms with E-state index < -0.39 is 0 Å². The minimum atomic E-state index is -0.227. The smallest absolute Gasteiger partial charge is 0.302 e. The summed E-state index contributed by atoms with van der Waals surface area (Å²) in [5, 5.41) is 0. The topological polar surface area (TPSA) is 35.5 Å². The normalized spacial score (nSPS) is 11.4. The van der Waals surface area contributed by atoms with Gasteiger partial charge in [-0.25, -0.2) is 0 Å². The molecule has 0 heterocycles. The molecule has 0 fully saturated rings. The summed E-state index contributed by atoms with van der Waals surface area (Å²) in [6.45, 7) is 8.82. The maximum atomic E-state index is 10.5. The maximum Gasteiger partial charge on any atom is 0.302 e. The first-order valence-corrected chi connectivity index (χ1v) is 5.25. The Bertz CT molecular complexity index is 164. The van der Waals surface area contributed by atoms with E-state index in [1.165, 1.54) is 6.92 Å². The second kappa shape index (κ2) is 6.82. The Kier molecular flexibility index (Phi) is 6.54. The molecule has 0 atom stereocenters. The molecule has 0 bridgehead atoms. The molecule has 14 heavy (non-hydrogen) atoms. The Labute approximate surface area is 86.8 Å². The summed E-state index contributed by atoms with van der Waals surface area (Å²) in [6.07, 6.45) is 2.97. The van der Waals surface area contributed by atoms with Gasteiger partial charge >= 0.3 is 5.97 Å². The van der Waals surface area contributed by atoms with Gasteiger partial charge in [0.05, 0.1) is 12.2 Å². The minimum absolute atomic E-state index is 0.190. The molecule has 0 aliphatic heterocycles. The Morgan fingerprint density at radius 3 is 2.43 bits per heavy atom. The average molecular weight is 202 g/mol. The van der Waals surface area contributed by atoms with Gasteiger partial charge in [-0.1, -0.05) is 13.3 Å². The van der Waals surface area contributed by atoms with E-state index in [0.717, 1.165) is 25.9 Å². The molecule has 0 aromatic carbocycles. The molecule has 0 saturated heterocycles. The van der Waals surface area contributed by atoms with Crippen LogP contribution in [0.4, 0.5) is 0 Å². The van der Waals surface area contributed by atoms with Crippen molar-refractivity contribution in [1.82, 2.24) is 0 Å². The highest BCUT2D eigenvalue weighted by Crippen LogP contribution is 2.14. The Morgan fingerprint density at radius 2 is 1.93 bits per heavy atom. The van der Waals surface area contributed by atoms with E-state index in [9.17, 15) is 4.79 Å². The van der Waals surface area contributed by atoms with Crippen molar-refractivity contribution in [3.05, 3.63) is 0 Å². The number of hydrogen-bond acceptors (Lipinski definition) is 3. The van der Waals surface area contributed by atoms with Crippen LogP contribution < -0.4 is 0 Å². The predicted octanol–water partition coefficient (Wildman–Crippen LogP) is 2.53. The molecule has 0 spiro atoms. The monoisotopic (exact) mass is 202 g/mol. The van der Waals surface area contributed by atoms with Crippen molar-refractivity contribution in [3.63, 3.8) is 0 Å². The van der Waals surface area contributed by atoms with Gasteiger partial charge in [-0.3, -0.25) is 4.79 Å². The van der Waals surface area contributed by atoms with Crippen LogP contribution in [0, 0.1) is 0 Å². The molecular weight excluding hydrogens is 180 g/mol. The highest BCUT2D eigenvalue weighted by Gasteiger charge is 2.18. The lowest BCUT2D eigenvalue weighted by Gasteiger charge is -2.24. The zero-order valence-corrected chi connectivity index (χ0v) is 9.76. The van der Waals surface area contributed by atoms with Crippen molar-refractivity contribution >= 4 is 5.97 Å². The molecule has 0 N–H and O–H groups in total. The highest BCUT2D eigenvalue weighted by molar-refractivity contribution is 5.65. The van der Waals surface area contributed by atoms with Crippen molar-refractivity contribution < 1.29 is 14.3 Å². The molecule has 0 unspecified atom stereocenters. The minimum Gasteiger partial charge on any atom is -0.466 e. The summed E-state index contributed by atoms with van der Waals surface area (Å²) in [7, 11) is 0. The SMILES string of the molecule is CCCCOC(C)(C)CCOC(C)=O. The molecule has 0 amide bonds. The fraction of sp³-hybridized carbons (Fsp3) is 0.909. The van der Waals surface area contributed by atoms with Crippen LogP contribution in [0.2, 0.25) is 0 Å². The van der Waals surface area contributed by atoms with Crippen LogP contribution in [0.25, 0.3) is 0 Å². The van der Waals surface area contributed by atoms with Crippen LogP contribution in [0.1, 0.15) is 47.0 Å². The standard InChI is InChI=1S/C11H22O3/c1-5-6-8-14-11(3,4)7-9-13-10(2)12/h5-9H2,1-4H3. The van der Waals surface area contributed by atoms with E-state index >= 15 is 0 Å².